The van der Waals surface area contributed by atoms with Crippen LogP contribution in [0.1, 0.15) is 46.0 Å². The van der Waals surface area contributed by atoms with E-state index in [0.29, 0.717) is 0 Å². The van der Waals surface area contributed by atoms with Crippen molar-refractivity contribution < 1.29 is 19.4 Å². The molecule has 0 aromatic carbocycles. The monoisotopic (exact) mass is 281 g/mol. The Morgan fingerprint density at radius 2 is 1.55 bits per heavy atom. The van der Waals surface area contributed by atoms with Gasteiger partial charge in [0.05, 0.1) is 24.0 Å². The number of rotatable bonds is 2. The molecule has 3 aliphatic rings. The molecule has 0 unspecified atom stereocenters. The Labute approximate surface area is 119 Å². The van der Waals surface area contributed by atoms with Crippen LogP contribution < -0.4 is 0 Å². The van der Waals surface area contributed by atoms with Crippen LogP contribution in [-0.2, 0) is 14.3 Å². The van der Waals surface area contributed by atoms with Crippen molar-refractivity contribution in [2.24, 2.45) is 11.8 Å². The maximum Gasteiger partial charge on any atom is 0.310 e. The van der Waals surface area contributed by atoms with E-state index in [9.17, 15) is 14.7 Å². The fourth-order valence-electron chi connectivity index (χ4n) is 4.33. The Morgan fingerprint density at radius 1 is 1.00 bits per heavy atom. The topological polar surface area (TPSA) is 66.8 Å². The first-order valence-electron chi connectivity index (χ1n) is 7.71. The van der Waals surface area contributed by atoms with Crippen molar-refractivity contribution in [1.82, 2.24) is 4.90 Å². The summed E-state index contributed by atoms with van der Waals surface area (Å²) in [4.78, 5) is 26.3. The van der Waals surface area contributed by atoms with Crippen molar-refractivity contribution in [2.75, 3.05) is 0 Å². The van der Waals surface area contributed by atoms with Gasteiger partial charge in [-0.1, -0.05) is 0 Å². The zero-order valence-corrected chi connectivity index (χ0v) is 12.1. The Morgan fingerprint density at radius 3 is 2.10 bits per heavy atom. The van der Waals surface area contributed by atoms with Gasteiger partial charge in [-0.05, 0) is 46.0 Å². The van der Waals surface area contributed by atoms with E-state index >= 15 is 0 Å². The molecule has 5 heteroatoms. The second-order valence-corrected chi connectivity index (χ2v) is 6.55. The van der Waals surface area contributed by atoms with Crippen molar-refractivity contribution in [3.8, 4) is 0 Å². The quantitative estimate of drug-likeness (QED) is 0.836. The normalized spacial score (nSPS) is 43.8. The number of carboxylic acid groups (broad SMARTS) is 1. The number of hydrogen-bond acceptors (Lipinski definition) is 3. The van der Waals surface area contributed by atoms with Crippen LogP contribution in [0, 0.1) is 11.8 Å². The van der Waals surface area contributed by atoms with Gasteiger partial charge in [-0.2, -0.15) is 0 Å². The molecule has 1 amide bonds. The van der Waals surface area contributed by atoms with Crippen LogP contribution in [-0.4, -0.2) is 46.2 Å². The smallest absolute Gasteiger partial charge is 0.310 e. The molecule has 3 aliphatic heterocycles. The minimum Gasteiger partial charge on any atom is -0.481 e. The summed E-state index contributed by atoms with van der Waals surface area (Å²) >= 11 is 0. The van der Waals surface area contributed by atoms with E-state index in [4.69, 9.17) is 4.74 Å². The van der Waals surface area contributed by atoms with E-state index in [1.54, 1.807) is 0 Å². The fraction of sp³-hybridized carbons (Fsp3) is 0.867. The molecule has 6 atom stereocenters. The number of fused-ring (bicyclic) bond motifs is 2. The maximum atomic E-state index is 12.9. The number of nitrogens with zero attached hydrogens (tertiary/aromatic N) is 1. The fourth-order valence-corrected chi connectivity index (χ4v) is 4.33. The van der Waals surface area contributed by atoms with Gasteiger partial charge in [0.1, 0.15) is 0 Å². The minimum absolute atomic E-state index is 0.00398. The van der Waals surface area contributed by atoms with Gasteiger partial charge >= 0.3 is 5.97 Å². The lowest BCUT2D eigenvalue weighted by Gasteiger charge is -2.42. The first-order valence-corrected chi connectivity index (χ1v) is 7.71. The van der Waals surface area contributed by atoms with E-state index in [2.05, 4.69) is 13.8 Å². The lowest BCUT2D eigenvalue weighted by atomic mass is 9.77. The van der Waals surface area contributed by atoms with Gasteiger partial charge in [0.25, 0.3) is 0 Å². The average Bonchev–Trinajstić information content (AvgIpc) is 2.98. The van der Waals surface area contributed by atoms with Crippen molar-refractivity contribution >= 4 is 11.9 Å². The van der Waals surface area contributed by atoms with Crippen molar-refractivity contribution in [2.45, 2.75) is 70.2 Å². The van der Waals surface area contributed by atoms with Crippen LogP contribution in [0.25, 0.3) is 0 Å². The number of carbonyl (C=O) groups excluding carboxylic acids is 1. The Hall–Kier alpha value is -1.10. The van der Waals surface area contributed by atoms with Crippen molar-refractivity contribution in [1.29, 1.82) is 0 Å². The summed E-state index contributed by atoms with van der Waals surface area (Å²) in [6.07, 6.45) is 4.31. The molecule has 0 spiro atoms. The molecule has 0 radical (unpaired) electrons. The first-order chi connectivity index (χ1) is 9.50. The highest BCUT2D eigenvalue weighted by atomic mass is 16.5. The van der Waals surface area contributed by atoms with Crippen molar-refractivity contribution in [3.63, 3.8) is 0 Å². The molecule has 1 N–H and O–H groups in total. The highest BCUT2D eigenvalue weighted by Crippen LogP contribution is 2.45. The molecule has 5 nitrogen and oxygen atoms in total. The van der Waals surface area contributed by atoms with Gasteiger partial charge in [-0.25, -0.2) is 0 Å². The van der Waals surface area contributed by atoms with Gasteiger partial charge in [-0.15, -0.1) is 0 Å². The lowest BCUT2D eigenvalue weighted by molar-refractivity contribution is -0.153. The number of ether oxygens (including phenoxy) is 1. The molecule has 3 rings (SSSR count). The van der Waals surface area contributed by atoms with Crippen LogP contribution in [0.2, 0.25) is 0 Å². The van der Waals surface area contributed by atoms with E-state index in [0.717, 1.165) is 32.1 Å². The van der Waals surface area contributed by atoms with E-state index in [-0.39, 0.29) is 30.2 Å². The molecule has 112 valence electrons. The zero-order valence-electron chi connectivity index (χ0n) is 12.1. The lowest BCUT2D eigenvalue weighted by Crippen LogP contribution is -2.53. The van der Waals surface area contributed by atoms with Crippen LogP contribution >= 0.6 is 0 Å². The average molecular weight is 281 g/mol. The number of carbonyl (C=O) groups is 2. The molecule has 0 aromatic rings. The van der Waals surface area contributed by atoms with Gasteiger partial charge in [-0.3, -0.25) is 9.59 Å². The largest absolute Gasteiger partial charge is 0.481 e. The van der Waals surface area contributed by atoms with Crippen LogP contribution in [0.4, 0.5) is 0 Å². The predicted octanol–water partition coefficient (Wildman–Crippen LogP) is 1.65. The zero-order chi connectivity index (χ0) is 14.4. The second kappa shape index (κ2) is 5.02. The summed E-state index contributed by atoms with van der Waals surface area (Å²) in [6.45, 7) is 4.13. The number of aliphatic carboxylic acids is 1. The number of piperidine rings is 1. The molecule has 0 aromatic heterocycles. The Kier molecular flexibility index (Phi) is 3.48. The molecule has 0 saturated carbocycles. The van der Waals surface area contributed by atoms with Crippen LogP contribution in [0.5, 0.6) is 0 Å². The SMILES string of the molecule is C[C@@H]1CCC[C@@H](C)N1C(=O)[C@H]1[C@@H](C(=O)O)[C@@H]2CC[C@@H]1O2. The molecule has 3 fully saturated rings. The number of carboxylic acids is 1. The second-order valence-electron chi connectivity index (χ2n) is 6.55. The van der Waals surface area contributed by atoms with Gasteiger partial charge < -0.3 is 14.7 Å². The van der Waals surface area contributed by atoms with Crippen LogP contribution in [0.15, 0.2) is 0 Å². The molecular formula is C15H23NO4. The number of hydrogen-bond donors (Lipinski definition) is 1. The molecule has 2 bridgehead atoms. The van der Waals surface area contributed by atoms with E-state index < -0.39 is 17.8 Å². The summed E-state index contributed by atoms with van der Waals surface area (Å²) in [5, 5.41) is 9.43. The summed E-state index contributed by atoms with van der Waals surface area (Å²) in [6, 6.07) is 0.416. The Bertz CT molecular complexity index is 414. The standard InChI is InChI=1S/C15H23NO4/c1-8-4-3-5-9(2)16(8)14(17)12-10-6-7-11(20-10)13(12)15(18)19/h8-13H,3-7H2,1-2H3,(H,18,19)/t8-,9-,10+,11+,12-,13+/m1/s1. The van der Waals surface area contributed by atoms with E-state index in [1.807, 2.05) is 4.90 Å². The highest BCUT2D eigenvalue weighted by molar-refractivity contribution is 5.87. The third-order valence-electron chi connectivity index (χ3n) is 5.29. The minimum atomic E-state index is -0.882. The predicted molar refractivity (Wildman–Crippen MR) is 72.1 cm³/mol. The molecule has 20 heavy (non-hydrogen) atoms. The molecular weight excluding hydrogens is 258 g/mol. The van der Waals surface area contributed by atoms with Crippen LogP contribution in [0.3, 0.4) is 0 Å². The first kappa shape index (κ1) is 13.9. The third kappa shape index (κ3) is 2.03. The highest BCUT2D eigenvalue weighted by Gasteiger charge is 2.57. The third-order valence-corrected chi connectivity index (χ3v) is 5.29. The van der Waals surface area contributed by atoms with E-state index in [1.165, 1.54) is 0 Å². The maximum absolute atomic E-state index is 12.9. The van der Waals surface area contributed by atoms with Gasteiger partial charge in [0.2, 0.25) is 5.91 Å². The summed E-state index contributed by atoms with van der Waals surface area (Å²) in [5.41, 5.74) is 0. The molecule has 0 aliphatic carbocycles. The summed E-state index contributed by atoms with van der Waals surface area (Å²) < 4.78 is 5.71. The Balaban J connectivity index is 1.83. The molecule has 3 saturated heterocycles. The summed E-state index contributed by atoms with van der Waals surface area (Å²) in [7, 11) is 0. The summed E-state index contributed by atoms with van der Waals surface area (Å²) in [5.74, 6) is -2.01. The molecule has 3 heterocycles. The van der Waals surface area contributed by atoms with Crippen molar-refractivity contribution in [3.05, 3.63) is 0 Å². The number of amides is 1. The number of likely N-dealkylation sites (tertiary alicyclic amines) is 1. The van der Waals surface area contributed by atoms with Gasteiger partial charge in [0.15, 0.2) is 0 Å². The van der Waals surface area contributed by atoms with Gasteiger partial charge in [0, 0.05) is 12.1 Å².